The van der Waals surface area contributed by atoms with Crippen LogP contribution in [-0.2, 0) is 6.54 Å². The van der Waals surface area contributed by atoms with Crippen molar-refractivity contribution in [2.75, 3.05) is 7.11 Å². The highest BCUT2D eigenvalue weighted by atomic mass is 16.5. The highest BCUT2D eigenvalue weighted by Gasteiger charge is 2.15. The second kappa shape index (κ2) is 6.43. The van der Waals surface area contributed by atoms with Crippen LogP contribution >= 0.6 is 0 Å². The van der Waals surface area contributed by atoms with Gasteiger partial charge in [0.2, 0.25) is 0 Å². The first-order chi connectivity index (χ1) is 10.0. The maximum Gasteiger partial charge on any atom is 0.255 e. The Hall–Kier alpha value is -2.30. The fraction of sp³-hybridized carbons (Fsp3) is 0.375. The third-order valence-electron chi connectivity index (χ3n) is 3.39. The molecule has 112 valence electrons. The van der Waals surface area contributed by atoms with Gasteiger partial charge in [-0.05, 0) is 38.5 Å². The number of carbonyl (C=O) groups is 1. The van der Waals surface area contributed by atoms with Crippen molar-refractivity contribution >= 4 is 5.91 Å². The summed E-state index contributed by atoms with van der Waals surface area (Å²) in [4.78, 5) is 12.2. The summed E-state index contributed by atoms with van der Waals surface area (Å²) in [7, 11) is 1.63. The average Bonchev–Trinajstić information content (AvgIpc) is 2.87. The summed E-state index contributed by atoms with van der Waals surface area (Å²) >= 11 is 0. The molecule has 1 aromatic heterocycles. The van der Waals surface area contributed by atoms with E-state index in [0.29, 0.717) is 12.1 Å². The summed E-state index contributed by atoms with van der Waals surface area (Å²) < 4.78 is 6.96. The van der Waals surface area contributed by atoms with E-state index < -0.39 is 0 Å². The minimum absolute atomic E-state index is 0.102. The van der Waals surface area contributed by atoms with E-state index in [-0.39, 0.29) is 11.9 Å². The van der Waals surface area contributed by atoms with Crippen molar-refractivity contribution in [2.24, 2.45) is 0 Å². The van der Waals surface area contributed by atoms with Gasteiger partial charge in [-0.25, -0.2) is 0 Å². The fourth-order valence-electron chi connectivity index (χ4n) is 2.19. The summed E-state index contributed by atoms with van der Waals surface area (Å²) in [6.45, 7) is 6.47. The van der Waals surface area contributed by atoms with Crippen LogP contribution in [0.15, 0.2) is 30.5 Å². The molecule has 0 aliphatic heterocycles. The Morgan fingerprint density at radius 2 is 2.00 bits per heavy atom. The van der Waals surface area contributed by atoms with Crippen LogP contribution in [0.5, 0.6) is 5.75 Å². The lowest BCUT2D eigenvalue weighted by Crippen LogP contribution is -2.23. The van der Waals surface area contributed by atoms with E-state index in [1.165, 1.54) is 0 Å². The summed E-state index contributed by atoms with van der Waals surface area (Å²) in [6, 6.07) is 7.87. The largest absolute Gasteiger partial charge is 0.497 e. The van der Waals surface area contributed by atoms with Gasteiger partial charge in [-0.2, -0.15) is 5.10 Å². The normalized spacial score (nSPS) is 10.7. The molecule has 0 saturated heterocycles. The molecular weight excluding hydrogens is 266 g/mol. The molecule has 0 bridgehead atoms. The van der Waals surface area contributed by atoms with Crippen LogP contribution in [0.4, 0.5) is 0 Å². The van der Waals surface area contributed by atoms with Crippen LogP contribution in [0.25, 0.3) is 0 Å². The van der Waals surface area contributed by atoms with Crippen molar-refractivity contribution in [3.05, 3.63) is 47.3 Å². The van der Waals surface area contributed by atoms with Gasteiger partial charge in [0.05, 0.1) is 18.9 Å². The lowest BCUT2D eigenvalue weighted by atomic mass is 10.2. The summed E-state index contributed by atoms with van der Waals surface area (Å²) in [5.74, 6) is 0.703. The molecule has 0 aliphatic rings. The molecule has 1 heterocycles. The number of ether oxygens (including phenoxy) is 1. The van der Waals surface area contributed by atoms with E-state index in [4.69, 9.17) is 4.74 Å². The third-order valence-corrected chi connectivity index (χ3v) is 3.39. The Balaban J connectivity index is 2.01. The van der Waals surface area contributed by atoms with Gasteiger partial charge >= 0.3 is 0 Å². The molecule has 1 aromatic carbocycles. The van der Waals surface area contributed by atoms with Crippen molar-refractivity contribution in [3.8, 4) is 5.75 Å². The predicted molar refractivity (Wildman–Crippen MR) is 81.5 cm³/mol. The molecule has 0 saturated carbocycles. The number of hydrogen-bond acceptors (Lipinski definition) is 3. The first-order valence-corrected chi connectivity index (χ1v) is 6.98. The lowest BCUT2D eigenvalue weighted by molar-refractivity contribution is 0.0950. The SMILES string of the molecule is COc1ccc(CNC(=O)c2cnn(C(C)C)c2C)cc1. The molecule has 5 heteroatoms. The number of amides is 1. The summed E-state index contributed by atoms with van der Waals surface area (Å²) in [6.07, 6.45) is 1.62. The Labute approximate surface area is 124 Å². The highest BCUT2D eigenvalue weighted by molar-refractivity contribution is 5.95. The first kappa shape index (κ1) is 15.1. The number of nitrogens with one attached hydrogen (secondary N) is 1. The number of hydrogen-bond donors (Lipinski definition) is 1. The smallest absolute Gasteiger partial charge is 0.255 e. The van der Waals surface area contributed by atoms with Crippen molar-refractivity contribution < 1.29 is 9.53 Å². The number of methoxy groups -OCH3 is 1. The average molecular weight is 287 g/mol. The zero-order valence-electron chi connectivity index (χ0n) is 12.9. The maximum atomic E-state index is 12.2. The van der Waals surface area contributed by atoms with Gasteiger partial charge in [0.25, 0.3) is 5.91 Å². The van der Waals surface area contributed by atoms with Crippen LogP contribution in [0.3, 0.4) is 0 Å². The van der Waals surface area contributed by atoms with Crippen molar-refractivity contribution in [1.29, 1.82) is 0 Å². The Morgan fingerprint density at radius 3 is 2.52 bits per heavy atom. The molecule has 2 rings (SSSR count). The molecular formula is C16H21N3O2. The van der Waals surface area contributed by atoms with Gasteiger partial charge < -0.3 is 10.1 Å². The Kier molecular flexibility index (Phi) is 4.62. The molecule has 1 amide bonds. The molecule has 0 aliphatic carbocycles. The van der Waals surface area contributed by atoms with Gasteiger partial charge in [-0.1, -0.05) is 12.1 Å². The molecule has 0 fully saturated rings. The van der Waals surface area contributed by atoms with Crippen LogP contribution in [0.1, 0.15) is 41.5 Å². The molecule has 5 nitrogen and oxygen atoms in total. The molecule has 0 spiro atoms. The minimum Gasteiger partial charge on any atom is -0.497 e. The number of benzene rings is 1. The molecule has 0 unspecified atom stereocenters. The molecule has 0 atom stereocenters. The van der Waals surface area contributed by atoms with Crippen LogP contribution in [0, 0.1) is 6.92 Å². The van der Waals surface area contributed by atoms with Crippen LogP contribution < -0.4 is 10.1 Å². The second-order valence-corrected chi connectivity index (χ2v) is 5.21. The number of nitrogens with zero attached hydrogens (tertiary/aromatic N) is 2. The van der Waals surface area contributed by atoms with E-state index in [0.717, 1.165) is 17.0 Å². The molecule has 0 radical (unpaired) electrons. The highest BCUT2D eigenvalue weighted by Crippen LogP contribution is 2.14. The van der Waals surface area contributed by atoms with Gasteiger partial charge in [0.15, 0.2) is 0 Å². The topological polar surface area (TPSA) is 56.1 Å². The second-order valence-electron chi connectivity index (χ2n) is 5.21. The Morgan fingerprint density at radius 1 is 1.33 bits per heavy atom. The zero-order chi connectivity index (χ0) is 15.4. The number of carbonyl (C=O) groups excluding carboxylic acids is 1. The van der Waals surface area contributed by atoms with Gasteiger partial charge in [-0.15, -0.1) is 0 Å². The van der Waals surface area contributed by atoms with Crippen LogP contribution in [-0.4, -0.2) is 22.8 Å². The monoisotopic (exact) mass is 287 g/mol. The quantitative estimate of drug-likeness (QED) is 0.920. The third kappa shape index (κ3) is 3.42. The summed E-state index contributed by atoms with van der Waals surface area (Å²) in [5, 5.41) is 7.17. The first-order valence-electron chi connectivity index (χ1n) is 6.98. The van der Waals surface area contributed by atoms with Crippen molar-refractivity contribution in [3.63, 3.8) is 0 Å². The van der Waals surface area contributed by atoms with Crippen molar-refractivity contribution in [2.45, 2.75) is 33.4 Å². The van der Waals surface area contributed by atoms with Crippen molar-refractivity contribution in [1.82, 2.24) is 15.1 Å². The number of aromatic nitrogens is 2. The maximum absolute atomic E-state index is 12.2. The van der Waals surface area contributed by atoms with Gasteiger partial charge in [0, 0.05) is 18.3 Å². The Bertz CT molecular complexity index is 615. The van der Waals surface area contributed by atoms with Gasteiger partial charge in [0.1, 0.15) is 5.75 Å². The van der Waals surface area contributed by atoms with E-state index in [2.05, 4.69) is 10.4 Å². The van der Waals surface area contributed by atoms with E-state index in [1.54, 1.807) is 13.3 Å². The van der Waals surface area contributed by atoms with Gasteiger partial charge in [-0.3, -0.25) is 9.48 Å². The summed E-state index contributed by atoms with van der Waals surface area (Å²) in [5.41, 5.74) is 2.53. The fourth-order valence-corrected chi connectivity index (χ4v) is 2.19. The van der Waals surface area contributed by atoms with Crippen LogP contribution in [0.2, 0.25) is 0 Å². The molecule has 1 N–H and O–H groups in total. The number of rotatable bonds is 5. The zero-order valence-corrected chi connectivity index (χ0v) is 12.9. The lowest BCUT2D eigenvalue weighted by Gasteiger charge is -2.09. The predicted octanol–water partition coefficient (Wildman–Crippen LogP) is 2.71. The standard InChI is InChI=1S/C16H21N3O2/c1-11(2)19-12(3)15(10-18-19)16(20)17-9-13-5-7-14(21-4)8-6-13/h5-8,10-11H,9H2,1-4H3,(H,17,20). The molecule has 2 aromatic rings. The van der Waals surface area contributed by atoms with E-state index in [9.17, 15) is 4.79 Å². The minimum atomic E-state index is -0.102. The van der Waals surface area contributed by atoms with E-state index >= 15 is 0 Å². The van der Waals surface area contributed by atoms with E-state index in [1.807, 2.05) is 49.7 Å². The molecule has 21 heavy (non-hydrogen) atoms.